The van der Waals surface area contributed by atoms with E-state index in [9.17, 15) is 0 Å². The molecule has 0 amide bonds. The summed E-state index contributed by atoms with van der Waals surface area (Å²) in [5.41, 5.74) is 2.55. The molecule has 1 aromatic carbocycles. The number of aromatic amines is 1. The topological polar surface area (TPSA) is 52.2 Å². The molecule has 2 aromatic rings. The van der Waals surface area contributed by atoms with Crippen LogP contribution in [0.15, 0.2) is 35.5 Å². The second kappa shape index (κ2) is 9.41. The number of rotatable bonds is 8. The van der Waals surface area contributed by atoms with Crippen molar-refractivity contribution in [3.63, 3.8) is 0 Å². The Bertz CT molecular complexity index is 591. The number of nitrogens with one attached hydrogen (secondary N) is 3. The first-order valence-electron chi connectivity index (χ1n) is 7.91. The summed E-state index contributed by atoms with van der Waals surface area (Å²) < 4.78 is 0. The third-order valence-electron chi connectivity index (χ3n) is 3.48. The lowest BCUT2D eigenvalue weighted by atomic mass is 10.1. The van der Waals surface area contributed by atoms with E-state index in [1.807, 2.05) is 11.8 Å². The molecule has 0 saturated heterocycles. The number of nitrogens with zero attached hydrogens (tertiary/aromatic N) is 1. The highest BCUT2D eigenvalue weighted by atomic mass is 32.2. The van der Waals surface area contributed by atoms with E-state index >= 15 is 0 Å². The SMILES string of the molecule is CCNC(=NCCCSC)NCCc1c[nH]c2ccccc12. The predicted octanol–water partition coefficient (Wildman–Crippen LogP) is 3.02. The fourth-order valence-electron chi connectivity index (χ4n) is 2.40. The quantitative estimate of drug-likeness (QED) is 0.398. The number of aromatic nitrogens is 1. The fraction of sp³-hybridized carbons (Fsp3) is 0.471. The first kappa shape index (κ1) is 16.7. The van der Waals surface area contributed by atoms with Gasteiger partial charge in [-0.15, -0.1) is 0 Å². The van der Waals surface area contributed by atoms with E-state index in [-0.39, 0.29) is 0 Å². The minimum atomic E-state index is 0.878. The van der Waals surface area contributed by atoms with Gasteiger partial charge < -0.3 is 15.6 Å². The summed E-state index contributed by atoms with van der Waals surface area (Å²) in [5, 5.41) is 8.03. The third-order valence-corrected chi connectivity index (χ3v) is 4.18. The average Bonchev–Trinajstić information content (AvgIpc) is 2.95. The van der Waals surface area contributed by atoms with Crippen LogP contribution in [-0.4, -0.2) is 42.6 Å². The molecule has 0 spiro atoms. The van der Waals surface area contributed by atoms with E-state index in [4.69, 9.17) is 0 Å². The average molecular weight is 318 g/mol. The lowest BCUT2D eigenvalue weighted by molar-refractivity contribution is 0.796. The van der Waals surface area contributed by atoms with Gasteiger partial charge in [0.05, 0.1) is 0 Å². The van der Waals surface area contributed by atoms with Crippen molar-refractivity contribution in [2.24, 2.45) is 4.99 Å². The van der Waals surface area contributed by atoms with Gasteiger partial charge in [0.25, 0.3) is 0 Å². The van der Waals surface area contributed by atoms with Gasteiger partial charge in [-0.3, -0.25) is 4.99 Å². The molecule has 5 heteroatoms. The molecular weight excluding hydrogens is 292 g/mol. The molecule has 0 saturated carbocycles. The van der Waals surface area contributed by atoms with Gasteiger partial charge in [-0.25, -0.2) is 0 Å². The zero-order valence-corrected chi connectivity index (χ0v) is 14.3. The smallest absolute Gasteiger partial charge is 0.191 e. The molecule has 2 rings (SSSR count). The molecule has 0 fully saturated rings. The molecule has 0 radical (unpaired) electrons. The number of fused-ring (bicyclic) bond motifs is 1. The summed E-state index contributed by atoms with van der Waals surface area (Å²) in [6.45, 7) is 4.75. The van der Waals surface area contributed by atoms with E-state index < -0.39 is 0 Å². The molecule has 22 heavy (non-hydrogen) atoms. The van der Waals surface area contributed by atoms with Crippen molar-refractivity contribution in [1.29, 1.82) is 0 Å². The Morgan fingerprint density at radius 3 is 2.95 bits per heavy atom. The number of aliphatic imine (C=N–C) groups is 1. The van der Waals surface area contributed by atoms with Crippen molar-refractivity contribution in [3.05, 3.63) is 36.0 Å². The van der Waals surface area contributed by atoms with Crippen LogP contribution in [0.5, 0.6) is 0 Å². The lowest BCUT2D eigenvalue weighted by Crippen LogP contribution is -2.38. The maximum absolute atomic E-state index is 4.61. The number of hydrogen-bond acceptors (Lipinski definition) is 2. The Hall–Kier alpha value is -1.62. The molecule has 1 heterocycles. The highest BCUT2D eigenvalue weighted by Gasteiger charge is 2.03. The normalized spacial score (nSPS) is 11.8. The van der Waals surface area contributed by atoms with Crippen molar-refractivity contribution >= 4 is 28.6 Å². The van der Waals surface area contributed by atoms with Crippen molar-refractivity contribution in [1.82, 2.24) is 15.6 Å². The standard InChI is InChI=1S/C17H26N4S/c1-3-18-17(19-10-6-12-22-2)20-11-9-14-13-21-16-8-5-4-7-15(14)16/h4-5,7-8,13,21H,3,6,9-12H2,1-2H3,(H2,18,19,20). The minimum Gasteiger partial charge on any atom is -0.361 e. The van der Waals surface area contributed by atoms with E-state index in [1.165, 1.54) is 16.5 Å². The Balaban J connectivity index is 1.84. The van der Waals surface area contributed by atoms with Crippen LogP contribution in [0.2, 0.25) is 0 Å². The number of thioether (sulfide) groups is 1. The minimum absolute atomic E-state index is 0.878. The second-order valence-corrected chi connectivity index (χ2v) is 6.13. The highest BCUT2D eigenvalue weighted by molar-refractivity contribution is 7.98. The maximum atomic E-state index is 4.61. The summed E-state index contributed by atoms with van der Waals surface area (Å²) >= 11 is 1.87. The van der Waals surface area contributed by atoms with Gasteiger partial charge in [-0.2, -0.15) is 11.8 Å². The summed E-state index contributed by atoms with van der Waals surface area (Å²) in [5.74, 6) is 2.08. The zero-order chi connectivity index (χ0) is 15.6. The van der Waals surface area contributed by atoms with Crippen molar-refractivity contribution in [2.45, 2.75) is 19.8 Å². The third kappa shape index (κ3) is 4.98. The molecule has 120 valence electrons. The summed E-state index contributed by atoms with van der Waals surface area (Å²) in [4.78, 5) is 7.93. The van der Waals surface area contributed by atoms with Gasteiger partial charge in [-0.1, -0.05) is 18.2 Å². The molecule has 1 aromatic heterocycles. The zero-order valence-electron chi connectivity index (χ0n) is 13.5. The van der Waals surface area contributed by atoms with Crippen LogP contribution in [0.25, 0.3) is 10.9 Å². The first-order chi connectivity index (χ1) is 10.8. The van der Waals surface area contributed by atoms with E-state index in [2.05, 4.69) is 64.3 Å². The fourth-order valence-corrected chi connectivity index (χ4v) is 2.81. The number of para-hydroxylation sites is 1. The van der Waals surface area contributed by atoms with Crippen molar-refractivity contribution < 1.29 is 0 Å². The van der Waals surface area contributed by atoms with Crippen molar-refractivity contribution in [3.8, 4) is 0 Å². The number of hydrogen-bond donors (Lipinski definition) is 3. The molecule has 0 aliphatic carbocycles. The molecule has 0 atom stereocenters. The van der Waals surface area contributed by atoms with E-state index in [0.717, 1.165) is 44.2 Å². The Kier molecular flexibility index (Phi) is 7.16. The molecule has 3 N–H and O–H groups in total. The van der Waals surface area contributed by atoms with E-state index in [1.54, 1.807) is 0 Å². The van der Waals surface area contributed by atoms with E-state index in [0.29, 0.717) is 0 Å². The Morgan fingerprint density at radius 2 is 2.14 bits per heavy atom. The van der Waals surface area contributed by atoms with Crippen LogP contribution in [0.4, 0.5) is 0 Å². The molecule has 0 aliphatic rings. The summed E-state index contributed by atoms with van der Waals surface area (Å²) in [7, 11) is 0. The number of guanidine groups is 1. The van der Waals surface area contributed by atoms with Crippen LogP contribution in [0.3, 0.4) is 0 Å². The maximum Gasteiger partial charge on any atom is 0.191 e. The highest BCUT2D eigenvalue weighted by Crippen LogP contribution is 2.17. The van der Waals surface area contributed by atoms with Gasteiger partial charge in [0.15, 0.2) is 5.96 Å². The largest absolute Gasteiger partial charge is 0.361 e. The number of H-pyrrole nitrogens is 1. The Labute approximate surface area is 137 Å². The first-order valence-corrected chi connectivity index (χ1v) is 9.30. The van der Waals surface area contributed by atoms with Gasteiger partial charge in [0, 0.05) is 36.7 Å². The van der Waals surface area contributed by atoms with Crippen LogP contribution < -0.4 is 10.6 Å². The Morgan fingerprint density at radius 1 is 1.27 bits per heavy atom. The summed E-state index contributed by atoms with van der Waals surface area (Å²) in [6, 6.07) is 8.43. The monoisotopic (exact) mass is 318 g/mol. The predicted molar refractivity (Wildman–Crippen MR) is 99.0 cm³/mol. The molecule has 4 nitrogen and oxygen atoms in total. The lowest BCUT2D eigenvalue weighted by Gasteiger charge is -2.11. The second-order valence-electron chi connectivity index (χ2n) is 5.14. The number of benzene rings is 1. The molecule has 0 bridgehead atoms. The molecule has 0 aliphatic heterocycles. The van der Waals surface area contributed by atoms with Crippen LogP contribution in [0, 0.1) is 0 Å². The summed E-state index contributed by atoms with van der Waals surface area (Å²) in [6.07, 6.45) is 6.35. The molecule has 0 unspecified atom stereocenters. The van der Waals surface area contributed by atoms with Crippen LogP contribution in [-0.2, 0) is 6.42 Å². The van der Waals surface area contributed by atoms with Gasteiger partial charge >= 0.3 is 0 Å². The van der Waals surface area contributed by atoms with Crippen molar-refractivity contribution in [2.75, 3.05) is 31.6 Å². The molecular formula is C17H26N4S. The van der Waals surface area contributed by atoms with Gasteiger partial charge in [-0.05, 0) is 43.4 Å². The van der Waals surface area contributed by atoms with Gasteiger partial charge in [0.2, 0.25) is 0 Å². The van der Waals surface area contributed by atoms with Crippen LogP contribution in [0.1, 0.15) is 18.9 Å². The van der Waals surface area contributed by atoms with Crippen LogP contribution >= 0.6 is 11.8 Å². The van der Waals surface area contributed by atoms with Gasteiger partial charge in [0.1, 0.15) is 0 Å².